The van der Waals surface area contributed by atoms with Gasteiger partial charge < -0.3 is 30.1 Å². The summed E-state index contributed by atoms with van der Waals surface area (Å²) in [5.74, 6) is -0.806. The van der Waals surface area contributed by atoms with E-state index >= 15 is 0 Å². The Kier molecular flexibility index (Phi) is 8.30. The van der Waals surface area contributed by atoms with E-state index in [9.17, 15) is 24.6 Å². The van der Waals surface area contributed by atoms with Crippen LogP contribution >= 0.6 is 22.6 Å². The van der Waals surface area contributed by atoms with Crippen molar-refractivity contribution in [1.82, 2.24) is 15.3 Å². The molecule has 7 atom stereocenters. The summed E-state index contributed by atoms with van der Waals surface area (Å²) in [4.78, 5) is 49.7. The SMILES string of the molecule is C[C@]12CCC(=NOCC(=O)NCCc3[nH]cnc3[125I])C=C1CC[C@@H]1[C@@H]2[C@@H](O)C[C@]2(C=O)[C@@H](C(=O)CO)CC[C@@H]12. The van der Waals surface area contributed by atoms with Crippen molar-refractivity contribution in [1.29, 1.82) is 0 Å². The van der Waals surface area contributed by atoms with E-state index in [1.165, 1.54) is 5.57 Å². The first-order valence-electron chi connectivity index (χ1n) is 13.9. The molecule has 1 heterocycles. The molecule has 1 amide bonds. The standard InChI is InChI=1S/C28H37IN4O6/c1-27-8-6-17(33-39-13-24(38)30-9-7-21-26(29)32-15-31-21)10-16(27)2-3-18-19-4-5-20(23(37)12-34)28(19,14-35)11-22(36)25(18)27/h10,14-15,18-20,22,25,34,36H,2-9,11-13H2,1H3,(H,30,38)(H,31,32)/t18-,19-,20+,22-,25+,27-,28+/m0/s1/i29-2. The van der Waals surface area contributed by atoms with Crippen molar-refractivity contribution in [2.45, 2.75) is 64.4 Å². The zero-order valence-corrected chi connectivity index (χ0v) is 24.4. The second kappa shape index (κ2) is 11.4. The molecule has 212 valence electrons. The Bertz CT molecular complexity index is 1180. The van der Waals surface area contributed by atoms with E-state index in [-0.39, 0.29) is 47.9 Å². The topological polar surface area (TPSA) is 154 Å². The number of aldehydes is 1. The quantitative estimate of drug-likeness (QED) is 0.182. The van der Waals surface area contributed by atoms with Crippen molar-refractivity contribution < 1.29 is 29.4 Å². The molecule has 39 heavy (non-hydrogen) atoms. The molecule has 4 aliphatic rings. The monoisotopic (exact) mass is 650 g/mol. The van der Waals surface area contributed by atoms with E-state index in [0.717, 1.165) is 47.1 Å². The third-order valence-electron chi connectivity index (χ3n) is 10.0. The second-order valence-electron chi connectivity index (χ2n) is 11.8. The number of allylic oxidation sites excluding steroid dienone is 2. The highest BCUT2D eigenvalue weighted by Crippen LogP contribution is 2.66. The van der Waals surface area contributed by atoms with Crippen LogP contribution in [0, 0.1) is 38.2 Å². The van der Waals surface area contributed by atoms with E-state index in [1.54, 1.807) is 6.33 Å². The van der Waals surface area contributed by atoms with Crippen molar-refractivity contribution >= 4 is 46.3 Å². The molecule has 0 radical (unpaired) electrons. The van der Waals surface area contributed by atoms with Gasteiger partial charge in [0.05, 0.1) is 18.1 Å². The predicted molar refractivity (Wildman–Crippen MR) is 150 cm³/mol. The maximum Gasteiger partial charge on any atom is 0.260 e. The van der Waals surface area contributed by atoms with Crippen LogP contribution in [0.3, 0.4) is 0 Å². The molecule has 10 nitrogen and oxygen atoms in total. The molecule has 0 unspecified atom stereocenters. The van der Waals surface area contributed by atoms with E-state index in [2.05, 4.69) is 56.0 Å². The number of H-pyrrole nitrogens is 1. The highest BCUT2D eigenvalue weighted by atomic mass is 125. The summed E-state index contributed by atoms with van der Waals surface area (Å²) in [5, 5.41) is 28.1. The first-order chi connectivity index (χ1) is 18.7. The Morgan fingerprint density at radius 1 is 1.33 bits per heavy atom. The fourth-order valence-corrected chi connectivity index (χ4v) is 8.85. The van der Waals surface area contributed by atoms with Gasteiger partial charge in [0.15, 0.2) is 12.4 Å². The minimum atomic E-state index is -0.871. The summed E-state index contributed by atoms with van der Waals surface area (Å²) < 4.78 is 0.893. The number of aromatic amines is 1. The van der Waals surface area contributed by atoms with Gasteiger partial charge in [-0.05, 0) is 96.8 Å². The highest BCUT2D eigenvalue weighted by Gasteiger charge is 2.64. The van der Waals surface area contributed by atoms with Crippen molar-refractivity contribution in [3.8, 4) is 0 Å². The summed E-state index contributed by atoms with van der Waals surface area (Å²) in [6.45, 7) is 1.98. The predicted octanol–water partition coefficient (Wildman–Crippen LogP) is 2.34. The maximum absolute atomic E-state index is 12.5. The van der Waals surface area contributed by atoms with Crippen LogP contribution in [0.25, 0.3) is 0 Å². The number of halogens is 1. The van der Waals surface area contributed by atoms with Crippen LogP contribution in [0.2, 0.25) is 0 Å². The third kappa shape index (κ3) is 5.10. The van der Waals surface area contributed by atoms with Crippen molar-refractivity contribution in [3.63, 3.8) is 0 Å². The van der Waals surface area contributed by atoms with Crippen LogP contribution in [0.15, 0.2) is 23.1 Å². The molecule has 0 spiro atoms. The van der Waals surface area contributed by atoms with Crippen molar-refractivity contribution in [3.05, 3.63) is 27.4 Å². The normalized spacial score (nSPS) is 36.4. The number of amides is 1. The number of hydrogen-bond acceptors (Lipinski definition) is 8. The number of rotatable bonds is 9. The summed E-state index contributed by atoms with van der Waals surface area (Å²) in [6.07, 6.45) is 9.39. The first-order valence-corrected chi connectivity index (χ1v) is 14.9. The molecule has 0 bridgehead atoms. The molecule has 4 aliphatic carbocycles. The van der Waals surface area contributed by atoms with Gasteiger partial charge in [0.2, 0.25) is 0 Å². The number of imidazole rings is 1. The second-order valence-corrected chi connectivity index (χ2v) is 12.8. The number of nitrogens with zero attached hydrogens (tertiary/aromatic N) is 2. The lowest BCUT2D eigenvalue weighted by Gasteiger charge is -2.59. The Balaban J connectivity index is 1.22. The lowest BCUT2D eigenvalue weighted by molar-refractivity contribution is -0.156. The zero-order chi connectivity index (χ0) is 27.8. The van der Waals surface area contributed by atoms with Crippen molar-refractivity contribution in [2.75, 3.05) is 19.8 Å². The fraction of sp³-hybridized carbons (Fsp3) is 0.679. The number of nitrogens with one attached hydrogen (secondary N) is 2. The Labute approximate surface area is 241 Å². The Morgan fingerprint density at radius 2 is 2.15 bits per heavy atom. The third-order valence-corrected chi connectivity index (χ3v) is 11.0. The molecular weight excluding hydrogens is 613 g/mol. The molecule has 0 aromatic carbocycles. The van der Waals surface area contributed by atoms with Crippen LogP contribution in [-0.2, 0) is 25.6 Å². The first kappa shape index (κ1) is 28.4. The summed E-state index contributed by atoms with van der Waals surface area (Å²) >= 11 is 2.15. The highest BCUT2D eigenvalue weighted by molar-refractivity contribution is 14.1. The van der Waals surface area contributed by atoms with Crippen LogP contribution in [0.1, 0.15) is 57.6 Å². The average Bonchev–Trinajstić information content (AvgIpc) is 3.51. The number of aromatic nitrogens is 2. The molecule has 0 saturated heterocycles. The number of aliphatic hydroxyl groups excluding tert-OH is 2. The summed E-state index contributed by atoms with van der Waals surface area (Å²) in [7, 11) is 0. The number of aliphatic hydroxyl groups is 2. The minimum absolute atomic E-state index is 0.00438. The fourth-order valence-electron chi connectivity index (χ4n) is 8.29. The molecule has 5 rings (SSSR count). The van der Waals surface area contributed by atoms with Gasteiger partial charge in [-0.3, -0.25) is 9.59 Å². The van der Waals surface area contributed by atoms with E-state index < -0.39 is 24.0 Å². The number of fused-ring (bicyclic) bond motifs is 5. The number of hydrogen-bond donors (Lipinski definition) is 4. The lowest BCUT2D eigenvalue weighted by Crippen LogP contribution is -2.58. The molecule has 4 N–H and O–H groups in total. The van der Waals surface area contributed by atoms with Crippen LogP contribution in [0.4, 0.5) is 0 Å². The smallest absolute Gasteiger partial charge is 0.260 e. The van der Waals surface area contributed by atoms with Gasteiger partial charge in [0.25, 0.3) is 5.91 Å². The Hall–Kier alpha value is -2.12. The van der Waals surface area contributed by atoms with Gasteiger partial charge in [0, 0.05) is 30.0 Å². The van der Waals surface area contributed by atoms with Crippen molar-refractivity contribution in [2.24, 2.45) is 39.7 Å². The van der Waals surface area contributed by atoms with Crippen LogP contribution < -0.4 is 5.32 Å². The molecule has 0 aliphatic heterocycles. The van der Waals surface area contributed by atoms with Crippen LogP contribution in [-0.4, -0.2) is 69.7 Å². The average molecular weight is 651 g/mol. The number of ketones is 1. The van der Waals surface area contributed by atoms with Gasteiger partial charge >= 0.3 is 0 Å². The summed E-state index contributed by atoms with van der Waals surface area (Å²) in [6, 6.07) is 0. The number of oxime groups is 1. The number of Topliss-reactive ketones (excluding diaryl/α,β-unsaturated/α-hetero) is 1. The van der Waals surface area contributed by atoms with Gasteiger partial charge in [-0.2, -0.15) is 0 Å². The number of carbonyl (C=O) groups excluding carboxylic acids is 3. The summed E-state index contributed by atoms with van der Waals surface area (Å²) in [5.41, 5.74) is 1.91. The van der Waals surface area contributed by atoms with Crippen LogP contribution in [0.5, 0.6) is 0 Å². The lowest BCUT2D eigenvalue weighted by atomic mass is 9.45. The van der Waals surface area contributed by atoms with E-state index in [1.807, 2.05) is 0 Å². The van der Waals surface area contributed by atoms with E-state index in [4.69, 9.17) is 4.84 Å². The van der Waals surface area contributed by atoms with Gasteiger partial charge in [-0.15, -0.1) is 0 Å². The maximum atomic E-state index is 12.5. The molecule has 1 aromatic rings. The van der Waals surface area contributed by atoms with Gasteiger partial charge in [-0.1, -0.05) is 17.7 Å². The van der Waals surface area contributed by atoms with Gasteiger partial charge in [0.1, 0.15) is 16.6 Å². The zero-order valence-electron chi connectivity index (χ0n) is 22.2. The van der Waals surface area contributed by atoms with Gasteiger partial charge in [-0.25, -0.2) is 4.98 Å². The molecule has 3 fully saturated rings. The largest absolute Gasteiger partial charge is 0.393 e. The Morgan fingerprint density at radius 3 is 2.87 bits per heavy atom. The van der Waals surface area contributed by atoms with E-state index in [0.29, 0.717) is 25.8 Å². The molecular formula is C28H37IN4O6. The molecule has 11 heteroatoms. The molecule has 1 aromatic heterocycles. The molecule has 3 saturated carbocycles. The number of carbonyl (C=O) groups is 3. The minimum Gasteiger partial charge on any atom is -0.393 e.